The molecule has 8 nitrogen and oxygen atoms in total. The summed E-state index contributed by atoms with van der Waals surface area (Å²) in [6.07, 6.45) is -1.68. The molecule has 4 rings (SSSR count). The molecule has 0 radical (unpaired) electrons. The normalized spacial score (nSPS) is 44.0. The second-order valence-electron chi connectivity index (χ2n) is 6.05. The summed E-state index contributed by atoms with van der Waals surface area (Å²) in [7, 11) is 0. The van der Waals surface area contributed by atoms with E-state index in [0.29, 0.717) is 26.4 Å². The molecule has 0 aromatic carbocycles. The van der Waals surface area contributed by atoms with Crippen LogP contribution in [0.1, 0.15) is 0 Å². The van der Waals surface area contributed by atoms with Crippen molar-refractivity contribution in [1.82, 2.24) is 0 Å². The maximum absolute atomic E-state index is 10.3. The van der Waals surface area contributed by atoms with Crippen molar-refractivity contribution < 1.29 is 38.3 Å². The summed E-state index contributed by atoms with van der Waals surface area (Å²) in [5.74, 6) is 0. The first-order valence-electron chi connectivity index (χ1n) is 7.79. The van der Waals surface area contributed by atoms with E-state index in [0.717, 1.165) is 13.2 Å². The van der Waals surface area contributed by atoms with Crippen LogP contribution in [0.4, 0.5) is 0 Å². The van der Waals surface area contributed by atoms with Gasteiger partial charge in [-0.1, -0.05) is 0 Å². The highest BCUT2D eigenvalue weighted by atomic mass is 16.8. The molecule has 4 heterocycles. The number of hydrogen-bond donors (Lipinski definition) is 1. The molecule has 0 bridgehead atoms. The average molecular weight is 318 g/mol. The van der Waals surface area contributed by atoms with Crippen molar-refractivity contribution >= 4 is 0 Å². The monoisotopic (exact) mass is 318 g/mol. The SMILES string of the molecule is OC(COCC1CO1)C1OCC(OCC2CO2)C1OC1CO1. The molecular weight excluding hydrogens is 296 g/mol. The number of aliphatic hydroxyl groups excluding tert-OH is 1. The summed E-state index contributed by atoms with van der Waals surface area (Å²) in [5.41, 5.74) is 0. The summed E-state index contributed by atoms with van der Waals surface area (Å²) < 4.78 is 38.1. The summed E-state index contributed by atoms with van der Waals surface area (Å²) in [4.78, 5) is 0. The Labute approximate surface area is 128 Å². The molecule has 0 amide bonds. The van der Waals surface area contributed by atoms with Gasteiger partial charge in [0.15, 0.2) is 6.29 Å². The van der Waals surface area contributed by atoms with Crippen molar-refractivity contribution in [3.63, 3.8) is 0 Å². The summed E-state index contributed by atoms with van der Waals surface area (Å²) in [6, 6.07) is 0. The van der Waals surface area contributed by atoms with Gasteiger partial charge in [-0.15, -0.1) is 0 Å². The minimum Gasteiger partial charge on any atom is -0.388 e. The third-order valence-corrected chi connectivity index (χ3v) is 4.03. The molecule has 0 aliphatic carbocycles. The maximum atomic E-state index is 10.3. The molecular formula is C14H22O8. The van der Waals surface area contributed by atoms with Gasteiger partial charge in [0, 0.05) is 0 Å². The molecule has 7 unspecified atom stereocenters. The molecule has 8 heteroatoms. The maximum Gasteiger partial charge on any atom is 0.181 e. The summed E-state index contributed by atoms with van der Waals surface area (Å²) in [5, 5.41) is 10.3. The molecule has 4 fully saturated rings. The van der Waals surface area contributed by atoms with Gasteiger partial charge in [-0.3, -0.25) is 0 Å². The Morgan fingerprint density at radius 1 is 0.955 bits per heavy atom. The fourth-order valence-electron chi connectivity index (χ4n) is 2.51. The first kappa shape index (κ1) is 15.2. The first-order valence-corrected chi connectivity index (χ1v) is 7.79. The quantitative estimate of drug-likeness (QED) is 0.496. The lowest BCUT2D eigenvalue weighted by Crippen LogP contribution is -2.44. The van der Waals surface area contributed by atoms with E-state index in [-0.39, 0.29) is 37.3 Å². The second kappa shape index (κ2) is 6.66. The van der Waals surface area contributed by atoms with E-state index < -0.39 is 12.2 Å². The number of rotatable bonds is 10. The van der Waals surface area contributed by atoms with Crippen molar-refractivity contribution in [2.75, 3.05) is 46.2 Å². The van der Waals surface area contributed by atoms with Crippen molar-refractivity contribution in [3.05, 3.63) is 0 Å². The van der Waals surface area contributed by atoms with E-state index >= 15 is 0 Å². The van der Waals surface area contributed by atoms with Crippen LogP contribution >= 0.6 is 0 Å². The molecule has 0 spiro atoms. The van der Waals surface area contributed by atoms with E-state index in [2.05, 4.69) is 0 Å². The van der Waals surface area contributed by atoms with Crippen molar-refractivity contribution in [2.45, 2.75) is 42.9 Å². The Kier molecular flexibility index (Phi) is 4.61. The molecule has 126 valence electrons. The highest BCUT2D eigenvalue weighted by Gasteiger charge is 2.46. The van der Waals surface area contributed by atoms with E-state index in [9.17, 15) is 5.11 Å². The van der Waals surface area contributed by atoms with Gasteiger partial charge in [-0.25, -0.2) is 0 Å². The zero-order chi connectivity index (χ0) is 14.9. The minimum atomic E-state index is -0.770. The fraction of sp³-hybridized carbons (Fsp3) is 1.00. The number of epoxide rings is 3. The van der Waals surface area contributed by atoms with E-state index in [1.807, 2.05) is 0 Å². The van der Waals surface area contributed by atoms with Gasteiger partial charge in [-0.05, 0) is 0 Å². The molecule has 7 atom stereocenters. The van der Waals surface area contributed by atoms with Crippen LogP contribution in [0, 0.1) is 0 Å². The molecule has 0 aromatic heterocycles. The summed E-state index contributed by atoms with van der Waals surface area (Å²) in [6.45, 7) is 3.66. The highest BCUT2D eigenvalue weighted by molar-refractivity contribution is 4.92. The molecule has 22 heavy (non-hydrogen) atoms. The molecule has 0 aromatic rings. The van der Waals surface area contributed by atoms with Crippen LogP contribution in [-0.4, -0.2) is 94.3 Å². The number of hydrogen-bond acceptors (Lipinski definition) is 8. The lowest BCUT2D eigenvalue weighted by atomic mass is 10.1. The van der Waals surface area contributed by atoms with Crippen LogP contribution in [0.2, 0.25) is 0 Å². The second-order valence-corrected chi connectivity index (χ2v) is 6.05. The zero-order valence-corrected chi connectivity index (χ0v) is 12.3. The Morgan fingerprint density at radius 3 is 2.36 bits per heavy atom. The van der Waals surface area contributed by atoms with Crippen LogP contribution < -0.4 is 0 Å². The zero-order valence-electron chi connectivity index (χ0n) is 12.3. The largest absolute Gasteiger partial charge is 0.388 e. The Hall–Kier alpha value is -0.320. The Balaban J connectivity index is 1.27. The predicted octanol–water partition coefficient (Wildman–Crippen LogP) is -1.31. The van der Waals surface area contributed by atoms with Crippen LogP contribution in [0.15, 0.2) is 0 Å². The van der Waals surface area contributed by atoms with Crippen LogP contribution in [0.3, 0.4) is 0 Å². The molecule has 4 aliphatic heterocycles. The average Bonchev–Trinajstić information content (AvgIpc) is 3.33. The lowest BCUT2D eigenvalue weighted by molar-refractivity contribution is -0.127. The van der Waals surface area contributed by atoms with Crippen LogP contribution in [0.5, 0.6) is 0 Å². The molecule has 4 saturated heterocycles. The Bertz CT molecular complexity index is 368. The van der Waals surface area contributed by atoms with Crippen molar-refractivity contribution in [2.24, 2.45) is 0 Å². The topological polar surface area (TPSA) is 94.7 Å². The van der Waals surface area contributed by atoms with Gasteiger partial charge < -0.3 is 38.3 Å². The van der Waals surface area contributed by atoms with Crippen molar-refractivity contribution in [1.29, 1.82) is 0 Å². The van der Waals surface area contributed by atoms with Gasteiger partial charge in [0.2, 0.25) is 0 Å². The summed E-state index contributed by atoms with van der Waals surface area (Å²) >= 11 is 0. The number of ether oxygens (including phenoxy) is 7. The minimum absolute atomic E-state index is 0.179. The van der Waals surface area contributed by atoms with Gasteiger partial charge in [0.25, 0.3) is 0 Å². The third-order valence-electron chi connectivity index (χ3n) is 4.03. The van der Waals surface area contributed by atoms with Gasteiger partial charge in [0.1, 0.15) is 43.2 Å². The molecule has 1 N–H and O–H groups in total. The van der Waals surface area contributed by atoms with Crippen molar-refractivity contribution in [3.8, 4) is 0 Å². The molecule has 4 aliphatic rings. The first-order chi connectivity index (χ1) is 10.8. The van der Waals surface area contributed by atoms with Gasteiger partial charge >= 0.3 is 0 Å². The number of aliphatic hydroxyl groups is 1. The Morgan fingerprint density at radius 2 is 1.68 bits per heavy atom. The molecule has 0 saturated carbocycles. The van der Waals surface area contributed by atoms with Gasteiger partial charge in [-0.2, -0.15) is 0 Å². The smallest absolute Gasteiger partial charge is 0.181 e. The lowest BCUT2D eigenvalue weighted by Gasteiger charge is -2.25. The standard InChI is InChI=1S/C14H22O8/c15-10(5-16-1-8-2-17-8)13-14(22-12-7-20-12)11(6-21-13)19-4-9-3-18-9/h8-15H,1-7H2. The highest BCUT2D eigenvalue weighted by Crippen LogP contribution is 2.28. The fourth-order valence-corrected chi connectivity index (χ4v) is 2.51. The third kappa shape index (κ3) is 4.15. The van der Waals surface area contributed by atoms with E-state index in [1.54, 1.807) is 0 Å². The predicted molar refractivity (Wildman–Crippen MR) is 70.4 cm³/mol. The van der Waals surface area contributed by atoms with E-state index in [4.69, 9.17) is 33.2 Å². The van der Waals surface area contributed by atoms with Crippen LogP contribution in [-0.2, 0) is 33.2 Å². The van der Waals surface area contributed by atoms with Gasteiger partial charge in [0.05, 0.1) is 39.6 Å². The van der Waals surface area contributed by atoms with Crippen LogP contribution in [0.25, 0.3) is 0 Å². The van der Waals surface area contributed by atoms with E-state index in [1.165, 1.54) is 0 Å².